The molecule has 1 aromatic carbocycles. The molecule has 0 bridgehead atoms. The second kappa shape index (κ2) is 10.6. The first-order chi connectivity index (χ1) is 11.5. The van der Waals surface area contributed by atoms with E-state index in [1.807, 2.05) is 0 Å². The molecule has 0 spiro atoms. The van der Waals surface area contributed by atoms with Crippen molar-refractivity contribution in [3.63, 3.8) is 0 Å². The maximum atomic E-state index is 12.3. The molecule has 4 heteroatoms. The van der Waals surface area contributed by atoms with Crippen LogP contribution in [-0.4, -0.2) is 25.5 Å². The lowest BCUT2D eigenvalue weighted by Gasteiger charge is -2.15. The molecule has 0 aliphatic heterocycles. The standard InChI is InChI=1S/C20H28O4/c1-5-7-8-16(6-2)14-24-20(22)19(15(3)21)13-17-9-11-18(23-4)12-10-17/h9-13,16H,5-8,14H2,1-4H3/b19-13+. The number of Topliss-reactive ketones (excluding diaryl/α,β-unsaturated/α-hetero) is 1. The zero-order chi connectivity index (χ0) is 17.9. The van der Waals surface area contributed by atoms with Crippen LogP contribution in [0.15, 0.2) is 29.8 Å². The Balaban J connectivity index is 2.77. The van der Waals surface area contributed by atoms with Crippen LogP contribution < -0.4 is 4.74 Å². The molecule has 0 radical (unpaired) electrons. The molecule has 0 aliphatic carbocycles. The highest BCUT2D eigenvalue weighted by molar-refractivity contribution is 6.19. The average Bonchev–Trinajstić information content (AvgIpc) is 2.59. The molecule has 0 fully saturated rings. The highest BCUT2D eigenvalue weighted by Gasteiger charge is 2.18. The minimum absolute atomic E-state index is 0.0745. The molecule has 0 amide bonds. The van der Waals surface area contributed by atoms with Crippen LogP contribution in [-0.2, 0) is 14.3 Å². The van der Waals surface area contributed by atoms with Gasteiger partial charge in [-0.3, -0.25) is 4.79 Å². The van der Waals surface area contributed by atoms with Crippen molar-refractivity contribution in [3.8, 4) is 5.75 Å². The number of carbonyl (C=O) groups is 2. The summed E-state index contributed by atoms with van der Waals surface area (Å²) in [4.78, 5) is 24.1. The minimum Gasteiger partial charge on any atom is -0.497 e. The second-order valence-electron chi connectivity index (χ2n) is 5.90. The number of rotatable bonds is 10. The van der Waals surface area contributed by atoms with Crippen LogP contribution in [0.3, 0.4) is 0 Å². The molecule has 0 saturated heterocycles. The highest BCUT2D eigenvalue weighted by Crippen LogP contribution is 2.17. The summed E-state index contributed by atoms with van der Waals surface area (Å²) in [7, 11) is 1.59. The summed E-state index contributed by atoms with van der Waals surface area (Å²) in [5.41, 5.74) is 0.835. The molecule has 1 rings (SSSR count). The Hall–Kier alpha value is -2.10. The Kier molecular flexibility index (Phi) is 8.84. The molecule has 0 heterocycles. The first-order valence-corrected chi connectivity index (χ1v) is 8.55. The van der Waals surface area contributed by atoms with Crippen molar-refractivity contribution >= 4 is 17.8 Å². The molecule has 0 aromatic heterocycles. The van der Waals surface area contributed by atoms with E-state index in [2.05, 4.69) is 13.8 Å². The summed E-state index contributed by atoms with van der Waals surface area (Å²) in [6.45, 7) is 5.98. The Morgan fingerprint density at radius 3 is 2.33 bits per heavy atom. The van der Waals surface area contributed by atoms with Gasteiger partial charge in [0.1, 0.15) is 11.3 Å². The van der Waals surface area contributed by atoms with E-state index in [1.165, 1.54) is 6.92 Å². The fraction of sp³-hybridized carbons (Fsp3) is 0.500. The normalized spacial score (nSPS) is 12.6. The third kappa shape index (κ3) is 6.57. The second-order valence-corrected chi connectivity index (χ2v) is 5.90. The molecule has 0 saturated carbocycles. The number of unbranched alkanes of at least 4 members (excludes halogenated alkanes) is 1. The average molecular weight is 332 g/mol. The molecule has 4 nitrogen and oxygen atoms in total. The van der Waals surface area contributed by atoms with Gasteiger partial charge in [0.2, 0.25) is 0 Å². The number of methoxy groups -OCH3 is 1. The number of hydrogen-bond acceptors (Lipinski definition) is 4. The van der Waals surface area contributed by atoms with Gasteiger partial charge in [-0.05, 0) is 43.0 Å². The lowest BCUT2D eigenvalue weighted by Crippen LogP contribution is -2.18. The van der Waals surface area contributed by atoms with Crippen molar-refractivity contribution in [1.29, 1.82) is 0 Å². The van der Waals surface area contributed by atoms with Gasteiger partial charge >= 0.3 is 5.97 Å². The SMILES string of the molecule is CCCCC(CC)COC(=O)/C(=C/c1ccc(OC)cc1)C(C)=O. The lowest BCUT2D eigenvalue weighted by molar-refractivity contribution is -0.141. The molecule has 0 N–H and O–H groups in total. The smallest absolute Gasteiger partial charge is 0.341 e. The number of hydrogen-bond donors (Lipinski definition) is 0. The summed E-state index contributed by atoms with van der Waals surface area (Å²) < 4.78 is 10.5. The summed E-state index contributed by atoms with van der Waals surface area (Å²) in [5.74, 6) is 0.231. The van der Waals surface area contributed by atoms with Gasteiger partial charge in [-0.25, -0.2) is 4.79 Å². The Morgan fingerprint density at radius 2 is 1.83 bits per heavy atom. The summed E-state index contributed by atoms with van der Waals surface area (Å²) in [6, 6.07) is 7.16. The quantitative estimate of drug-likeness (QED) is 0.275. The number of benzene rings is 1. The van der Waals surface area contributed by atoms with E-state index in [9.17, 15) is 9.59 Å². The van der Waals surface area contributed by atoms with Gasteiger partial charge in [0.25, 0.3) is 0 Å². The number of carbonyl (C=O) groups excluding carboxylic acids is 2. The van der Waals surface area contributed by atoms with Crippen LogP contribution in [0.25, 0.3) is 6.08 Å². The van der Waals surface area contributed by atoms with Crippen LogP contribution >= 0.6 is 0 Å². The van der Waals surface area contributed by atoms with E-state index >= 15 is 0 Å². The van der Waals surface area contributed by atoms with E-state index in [1.54, 1.807) is 37.5 Å². The first-order valence-electron chi connectivity index (χ1n) is 8.55. The molecule has 1 unspecified atom stereocenters. The predicted octanol–water partition coefficient (Wildman–Crippen LogP) is 4.43. The maximum Gasteiger partial charge on any atom is 0.341 e. The van der Waals surface area contributed by atoms with E-state index in [4.69, 9.17) is 9.47 Å². The minimum atomic E-state index is -0.548. The molecule has 1 atom stereocenters. The van der Waals surface area contributed by atoms with E-state index in [0.717, 1.165) is 37.0 Å². The largest absolute Gasteiger partial charge is 0.497 e. The fourth-order valence-electron chi connectivity index (χ4n) is 2.34. The summed E-state index contributed by atoms with van der Waals surface area (Å²) in [5, 5.41) is 0. The molecule has 24 heavy (non-hydrogen) atoms. The zero-order valence-corrected chi connectivity index (χ0v) is 15.1. The molecular formula is C20H28O4. The lowest BCUT2D eigenvalue weighted by atomic mass is 10.0. The third-order valence-corrected chi connectivity index (χ3v) is 4.02. The van der Waals surface area contributed by atoms with Gasteiger partial charge < -0.3 is 9.47 Å². The van der Waals surface area contributed by atoms with Crippen molar-refractivity contribution < 1.29 is 19.1 Å². The molecular weight excluding hydrogens is 304 g/mol. The van der Waals surface area contributed by atoms with Crippen molar-refractivity contribution in [2.24, 2.45) is 5.92 Å². The van der Waals surface area contributed by atoms with Gasteiger partial charge in [0.15, 0.2) is 5.78 Å². The zero-order valence-electron chi connectivity index (χ0n) is 15.1. The molecule has 0 aliphatic rings. The number of ether oxygens (including phenoxy) is 2. The van der Waals surface area contributed by atoms with Crippen LogP contribution in [0.2, 0.25) is 0 Å². The van der Waals surface area contributed by atoms with E-state index in [0.29, 0.717) is 12.5 Å². The Morgan fingerprint density at radius 1 is 1.17 bits per heavy atom. The number of esters is 1. The van der Waals surface area contributed by atoms with Crippen molar-refractivity contribution in [2.75, 3.05) is 13.7 Å². The van der Waals surface area contributed by atoms with Crippen LogP contribution in [0, 0.1) is 5.92 Å². The van der Waals surface area contributed by atoms with Crippen molar-refractivity contribution in [2.45, 2.75) is 46.5 Å². The third-order valence-electron chi connectivity index (χ3n) is 4.02. The van der Waals surface area contributed by atoms with Gasteiger partial charge in [-0.1, -0.05) is 45.2 Å². The highest BCUT2D eigenvalue weighted by atomic mass is 16.5. The van der Waals surface area contributed by atoms with E-state index < -0.39 is 5.97 Å². The predicted molar refractivity (Wildman–Crippen MR) is 95.9 cm³/mol. The monoisotopic (exact) mass is 332 g/mol. The summed E-state index contributed by atoms with van der Waals surface area (Å²) in [6.07, 6.45) is 5.82. The van der Waals surface area contributed by atoms with Crippen LogP contribution in [0.5, 0.6) is 5.75 Å². The van der Waals surface area contributed by atoms with Gasteiger partial charge in [-0.2, -0.15) is 0 Å². The van der Waals surface area contributed by atoms with Crippen molar-refractivity contribution in [3.05, 3.63) is 35.4 Å². The van der Waals surface area contributed by atoms with Crippen LogP contribution in [0.1, 0.15) is 52.0 Å². The van der Waals surface area contributed by atoms with E-state index in [-0.39, 0.29) is 11.4 Å². The Bertz CT molecular complexity index is 558. The Labute approximate surface area is 144 Å². The van der Waals surface area contributed by atoms with Gasteiger partial charge in [-0.15, -0.1) is 0 Å². The van der Waals surface area contributed by atoms with Gasteiger partial charge in [0, 0.05) is 0 Å². The van der Waals surface area contributed by atoms with Crippen molar-refractivity contribution in [1.82, 2.24) is 0 Å². The number of ketones is 1. The first kappa shape index (κ1) is 19.9. The van der Waals surface area contributed by atoms with Gasteiger partial charge in [0.05, 0.1) is 13.7 Å². The molecule has 132 valence electrons. The summed E-state index contributed by atoms with van der Waals surface area (Å²) >= 11 is 0. The fourth-order valence-corrected chi connectivity index (χ4v) is 2.34. The van der Waals surface area contributed by atoms with Crippen LogP contribution in [0.4, 0.5) is 0 Å². The topological polar surface area (TPSA) is 52.6 Å². The maximum absolute atomic E-state index is 12.3. The molecule has 1 aromatic rings.